The summed E-state index contributed by atoms with van der Waals surface area (Å²) in [6, 6.07) is 18.2. The Kier molecular flexibility index (Phi) is 27.8. The molecule has 3 heteroatoms. The fourth-order valence-electron chi connectivity index (χ4n) is 6.37. The minimum atomic E-state index is 0. The van der Waals surface area contributed by atoms with Crippen LogP contribution < -0.4 is 0 Å². The Morgan fingerprint density at radius 3 is 1.04 bits per heavy atom. The van der Waals surface area contributed by atoms with Crippen LogP contribution >= 0.6 is 0 Å². The first-order chi connectivity index (χ1) is 22.6. The first-order valence-corrected chi connectivity index (χ1v) is 19.2. The topological polar surface area (TPSA) is 25.3 Å². The summed E-state index contributed by atoms with van der Waals surface area (Å²) in [6.07, 6.45) is 24.9. The maximum Gasteiger partial charge on any atom is 2.00 e. The van der Waals surface area contributed by atoms with Gasteiger partial charge in [0.2, 0.25) is 11.4 Å². The van der Waals surface area contributed by atoms with Crippen molar-refractivity contribution in [1.29, 1.82) is 0 Å². The Labute approximate surface area is 302 Å². The molecule has 3 rings (SSSR count). The quantitative estimate of drug-likeness (QED) is 0.0510. The fraction of sp³-hybridized carbons (Fsp3) is 0.591. The summed E-state index contributed by atoms with van der Waals surface area (Å²) in [5.74, 6) is 0. The van der Waals surface area contributed by atoms with Gasteiger partial charge in [-0.25, -0.2) is 4.70 Å². The number of aryl methyl sites for hydroxylation is 2. The SMILES string of the molecule is CCCCCCCCc1ccc(C2=C(CCCC)C(CCCC)=C(c3ccc(CCCCCCCC)cc3)[N+]2=[N-])cc1.[CH2-]C.[CH2-]C.[Ni+2]. The Morgan fingerprint density at radius 2 is 0.723 bits per heavy atom. The molecule has 0 radical (unpaired) electrons. The predicted molar refractivity (Wildman–Crippen MR) is 206 cm³/mol. The van der Waals surface area contributed by atoms with Crippen molar-refractivity contribution in [3.05, 3.63) is 101 Å². The van der Waals surface area contributed by atoms with E-state index in [1.165, 1.54) is 99.3 Å². The van der Waals surface area contributed by atoms with Crippen molar-refractivity contribution in [2.24, 2.45) is 0 Å². The summed E-state index contributed by atoms with van der Waals surface area (Å²) < 4.78 is 1.54. The second-order valence-electron chi connectivity index (χ2n) is 12.6. The molecule has 2 aromatic carbocycles. The van der Waals surface area contributed by atoms with Crippen LogP contribution in [0.2, 0.25) is 0 Å². The minimum absolute atomic E-state index is 0. The Hall–Kier alpha value is -1.99. The average Bonchev–Trinajstić information content (AvgIpc) is 3.38. The van der Waals surface area contributed by atoms with Crippen LogP contribution in [-0.2, 0) is 29.3 Å². The van der Waals surface area contributed by atoms with Crippen LogP contribution in [0.5, 0.6) is 0 Å². The Morgan fingerprint density at radius 1 is 0.426 bits per heavy atom. The van der Waals surface area contributed by atoms with Crippen molar-refractivity contribution in [1.82, 2.24) is 0 Å². The van der Waals surface area contributed by atoms with Gasteiger partial charge in [-0.3, -0.25) is 0 Å². The zero-order valence-corrected chi connectivity index (χ0v) is 32.4. The molecule has 0 N–H and O–H groups in total. The van der Waals surface area contributed by atoms with Crippen molar-refractivity contribution in [2.75, 3.05) is 0 Å². The molecule has 0 atom stereocenters. The molecular weight excluding hydrogens is 615 g/mol. The van der Waals surface area contributed by atoms with E-state index in [1.54, 1.807) is 18.5 Å². The number of unbranched alkanes of at least 4 members (excludes halogenated alkanes) is 12. The molecule has 0 aromatic heterocycles. The molecular formula is C44H70N2Ni. The second kappa shape index (κ2) is 29.0. The predicted octanol–water partition coefficient (Wildman–Crippen LogP) is 14.7. The summed E-state index contributed by atoms with van der Waals surface area (Å²) in [5, 5.41) is 0. The molecule has 0 amide bonds. The Bertz CT molecular complexity index is 1030. The van der Waals surface area contributed by atoms with Gasteiger partial charge in [-0.1, -0.05) is 129 Å². The van der Waals surface area contributed by atoms with E-state index in [2.05, 4.69) is 90.1 Å². The van der Waals surface area contributed by atoms with E-state index in [0.717, 1.165) is 73.9 Å². The molecule has 0 spiro atoms. The van der Waals surface area contributed by atoms with E-state index >= 15 is 0 Å². The molecule has 1 aliphatic heterocycles. The van der Waals surface area contributed by atoms with Gasteiger partial charge in [-0.05, 0) is 86.8 Å². The van der Waals surface area contributed by atoms with E-state index in [1.807, 2.05) is 0 Å². The molecule has 1 heterocycles. The van der Waals surface area contributed by atoms with Gasteiger partial charge < -0.3 is 19.4 Å². The second-order valence-corrected chi connectivity index (χ2v) is 12.6. The molecule has 0 saturated heterocycles. The van der Waals surface area contributed by atoms with Crippen LogP contribution in [0.1, 0.15) is 179 Å². The van der Waals surface area contributed by atoms with Gasteiger partial charge in [0.25, 0.3) is 0 Å². The van der Waals surface area contributed by atoms with Crippen LogP contribution in [0.15, 0.2) is 59.7 Å². The van der Waals surface area contributed by atoms with Gasteiger partial charge >= 0.3 is 16.5 Å². The van der Waals surface area contributed by atoms with E-state index in [9.17, 15) is 5.53 Å². The molecule has 0 aliphatic carbocycles. The minimum Gasteiger partial charge on any atom is -0.493 e. The van der Waals surface area contributed by atoms with Crippen molar-refractivity contribution in [3.8, 4) is 0 Å². The molecule has 47 heavy (non-hydrogen) atoms. The number of nitrogens with zero attached hydrogens (tertiary/aromatic N) is 2. The van der Waals surface area contributed by atoms with Gasteiger partial charge in [0.15, 0.2) is 0 Å². The maximum absolute atomic E-state index is 11.8. The van der Waals surface area contributed by atoms with Crippen LogP contribution in [0.3, 0.4) is 0 Å². The third-order valence-corrected chi connectivity index (χ3v) is 9.01. The van der Waals surface area contributed by atoms with Crippen molar-refractivity contribution in [2.45, 2.75) is 170 Å². The average molecular weight is 686 g/mol. The van der Waals surface area contributed by atoms with Crippen molar-refractivity contribution in [3.63, 3.8) is 0 Å². The van der Waals surface area contributed by atoms with Crippen molar-refractivity contribution < 1.29 is 21.2 Å². The fourth-order valence-corrected chi connectivity index (χ4v) is 6.37. The summed E-state index contributed by atoms with van der Waals surface area (Å²) in [4.78, 5) is 0. The zero-order chi connectivity index (χ0) is 34.0. The third-order valence-electron chi connectivity index (χ3n) is 9.01. The van der Waals surface area contributed by atoms with Gasteiger partial charge in [0.05, 0.1) is 0 Å². The largest absolute Gasteiger partial charge is 2.00 e. The Balaban J connectivity index is 0.00000407. The van der Waals surface area contributed by atoms with Crippen LogP contribution in [0.25, 0.3) is 16.9 Å². The first kappa shape index (κ1) is 45.0. The van der Waals surface area contributed by atoms with Gasteiger partial charge in [0.1, 0.15) is 0 Å². The summed E-state index contributed by atoms with van der Waals surface area (Å²) in [5.41, 5.74) is 21.6. The molecule has 0 fully saturated rings. The first-order valence-electron chi connectivity index (χ1n) is 19.2. The van der Waals surface area contributed by atoms with E-state index < -0.39 is 0 Å². The number of allylic oxidation sites excluding steroid dienone is 2. The van der Waals surface area contributed by atoms with E-state index in [0.29, 0.717) is 0 Å². The van der Waals surface area contributed by atoms with Gasteiger partial charge in [0, 0.05) is 22.3 Å². The van der Waals surface area contributed by atoms with Gasteiger partial charge in [-0.2, -0.15) is 13.8 Å². The van der Waals surface area contributed by atoms with Crippen LogP contribution in [-0.4, -0.2) is 4.70 Å². The number of rotatable bonds is 22. The molecule has 2 aromatic rings. The van der Waals surface area contributed by atoms with Crippen molar-refractivity contribution >= 4 is 11.4 Å². The molecule has 0 saturated carbocycles. The monoisotopic (exact) mass is 684 g/mol. The smallest absolute Gasteiger partial charge is 0.493 e. The zero-order valence-electron chi connectivity index (χ0n) is 31.4. The van der Waals surface area contributed by atoms with Crippen LogP contribution in [0.4, 0.5) is 0 Å². The molecule has 0 unspecified atom stereocenters. The third kappa shape index (κ3) is 15.8. The normalized spacial score (nSPS) is 12.4. The molecule has 266 valence electrons. The number of hydrogen-bond donors (Lipinski definition) is 0. The summed E-state index contributed by atoms with van der Waals surface area (Å²) in [6.45, 7) is 19.1. The summed E-state index contributed by atoms with van der Waals surface area (Å²) in [7, 11) is 0. The van der Waals surface area contributed by atoms with E-state index in [4.69, 9.17) is 0 Å². The summed E-state index contributed by atoms with van der Waals surface area (Å²) >= 11 is 0. The van der Waals surface area contributed by atoms with E-state index in [-0.39, 0.29) is 16.5 Å². The van der Waals surface area contributed by atoms with Crippen LogP contribution in [0, 0.1) is 13.8 Å². The van der Waals surface area contributed by atoms with Gasteiger partial charge in [-0.15, -0.1) is 0 Å². The maximum atomic E-state index is 11.8. The number of benzene rings is 2. The number of hydrogen-bond acceptors (Lipinski definition) is 0. The standard InChI is InChI=1S/C40H60N2.2C2H5.Ni/c1-5-9-13-15-17-19-21-33-25-29-35(30-26-33)39-37(23-11-7-3)38(24-12-8-4)40(42(39)41)36-31-27-34(28-32-36)22-20-18-16-14-10-6-2;2*1-2;/h25-32H,5-24H2,1-4H3;2*1H2,2H3;/q;2*-1;+2. The molecule has 2 nitrogen and oxygen atoms in total. The molecule has 1 aliphatic rings. The molecule has 0 bridgehead atoms.